The zero-order chi connectivity index (χ0) is 29.4. The molecule has 8 N–H and O–H groups in total. The Balaban J connectivity index is -0.000000432. The van der Waals surface area contributed by atoms with Crippen LogP contribution in [0.4, 0.5) is 0 Å². The second-order valence-corrected chi connectivity index (χ2v) is 8.26. The monoisotopic (exact) mass is 646 g/mol. The van der Waals surface area contributed by atoms with Gasteiger partial charge < -0.3 is 55.6 Å². The average molecular weight is 646 g/mol. The first-order valence-corrected chi connectivity index (χ1v) is 10.7. The van der Waals surface area contributed by atoms with Crippen LogP contribution in [0.3, 0.4) is 0 Å². The van der Waals surface area contributed by atoms with E-state index in [-0.39, 0.29) is 81.2 Å². The van der Waals surface area contributed by atoms with Crippen molar-refractivity contribution in [1.29, 1.82) is 0 Å². The van der Waals surface area contributed by atoms with Crippen LogP contribution in [0.5, 0.6) is 0 Å². The van der Waals surface area contributed by atoms with Crippen molar-refractivity contribution in [2.75, 3.05) is 0 Å². The standard InChI is InChI=1S/C16H19O20P.2Ca.4H/c17-7(18)2-15(13(27)28,3-8(19)20)34-11(25)1-6(36-37(31,32)33)12(26)35-16(14(29)30,4-9(21)22)5-10(23)24;;;;;;/h6H,1-5H2,(H,17,18)(H,19,20)(H,21,22)(H,23,24)(H,27,28)(H,29,30)(H2,31,32,33);;;;;;/q;2*+2;4*-1. The molecule has 216 valence electrons. The summed E-state index contributed by atoms with van der Waals surface area (Å²) in [5.74, 6) is -16.9. The van der Waals surface area contributed by atoms with Crippen LogP contribution >= 0.6 is 7.82 Å². The van der Waals surface area contributed by atoms with Crippen LogP contribution in [0, 0.1) is 0 Å². The van der Waals surface area contributed by atoms with Crippen LogP contribution in [0.2, 0.25) is 0 Å². The molecule has 0 bridgehead atoms. The van der Waals surface area contributed by atoms with Gasteiger partial charge in [-0.1, -0.05) is 0 Å². The van der Waals surface area contributed by atoms with Crippen molar-refractivity contribution in [2.45, 2.75) is 49.4 Å². The van der Waals surface area contributed by atoms with Crippen molar-refractivity contribution in [2.24, 2.45) is 0 Å². The van der Waals surface area contributed by atoms with Crippen LogP contribution in [0.15, 0.2) is 0 Å². The Morgan fingerprint density at radius 1 is 0.641 bits per heavy atom. The number of hydrogen-bond donors (Lipinski definition) is 8. The summed E-state index contributed by atoms with van der Waals surface area (Å²) in [6, 6.07) is 0. The van der Waals surface area contributed by atoms with Crippen molar-refractivity contribution in [3.8, 4) is 0 Å². The van der Waals surface area contributed by atoms with Gasteiger partial charge in [0, 0.05) is 0 Å². The first-order valence-electron chi connectivity index (χ1n) is 9.17. The zero-order valence-electron chi connectivity index (χ0n) is 23.5. The fraction of sp³-hybridized carbons (Fsp3) is 0.500. The van der Waals surface area contributed by atoms with Gasteiger partial charge in [0.1, 0.15) is 0 Å². The summed E-state index contributed by atoms with van der Waals surface area (Å²) in [5.41, 5.74) is -6.70. The second-order valence-electron chi connectivity index (χ2n) is 7.06. The summed E-state index contributed by atoms with van der Waals surface area (Å²) in [6.07, 6.45) is -11.4. The largest absolute Gasteiger partial charge is 2.00 e. The van der Waals surface area contributed by atoms with E-state index in [9.17, 15) is 53.1 Å². The number of ether oxygens (including phenoxy) is 2. The maximum absolute atomic E-state index is 12.4. The number of carbonyl (C=O) groups is 8. The minimum Gasteiger partial charge on any atom is -1.00 e. The van der Waals surface area contributed by atoms with Gasteiger partial charge in [-0.2, -0.15) is 0 Å². The summed E-state index contributed by atoms with van der Waals surface area (Å²) in [5, 5.41) is 54.1. The number of carboxylic acid groups (broad SMARTS) is 6. The minimum atomic E-state index is -5.78. The molecule has 0 saturated heterocycles. The van der Waals surface area contributed by atoms with Gasteiger partial charge in [-0.25, -0.2) is 18.9 Å². The van der Waals surface area contributed by atoms with Crippen molar-refractivity contribution >= 4 is 131 Å². The summed E-state index contributed by atoms with van der Waals surface area (Å²) in [7, 11) is -5.78. The number of phosphoric ester groups is 1. The maximum atomic E-state index is 12.4. The van der Waals surface area contributed by atoms with Crippen LogP contribution in [-0.4, -0.2) is 181 Å². The van der Waals surface area contributed by atoms with Crippen LogP contribution in [0.1, 0.15) is 37.8 Å². The fourth-order valence-corrected chi connectivity index (χ4v) is 3.13. The van der Waals surface area contributed by atoms with Crippen molar-refractivity contribution in [3.63, 3.8) is 0 Å². The summed E-state index contributed by atoms with van der Waals surface area (Å²) >= 11 is 0. The van der Waals surface area contributed by atoms with Gasteiger partial charge in [-0.15, -0.1) is 0 Å². The third kappa shape index (κ3) is 15.1. The molecular weight excluding hydrogens is 623 g/mol. The number of carbonyl (C=O) groups excluding carboxylic acids is 2. The molecule has 0 aliphatic rings. The number of hydrogen-bond acceptors (Lipinski definition) is 12. The Morgan fingerprint density at radius 2 is 0.949 bits per heavy atom. The Kier molecular flexibility index (Phi) is 18.5. The first kappa shape index (κ1) is 41.9. The molecule has 0 heterocycles. The predicted molar refractivity (Wildman–Crippen MR) is 119 cm³/mol. The van der Waals surface area contributed by atoms with E-state index in [4.69, 9.17) is 30.2 Å². The van der Waals surface area contributed by atoms with Crippen molar-refractivity contribution in [3.05, 3.63) is 0 Å². The number of carboxylic acids is 6. The van der Waals surface area contributed by atoms with Gasteiger partial charge in [0.25, 0.3) is 0 Å². The van der Waals surface area contributed by atoms with Gasteiger partial charge in [0.15, 0.2) is 6.10 Å². The van der Waals surface area contributed by atoms with Gasteiger partial charge >= 0.3 is 131 Å². The number of rotatable bonds is 17. The van der Waals surface area contributed by atoms with Crippen LogP contribution < -0.4 is 0 Å². The molecule has 0 aliphatic heterocycles. The summed E-state index contributed by atoms with van der Waals surface area (Å²) < 4.78 is 23.9. The number of phosphoric acid groups is 1. The normalized spacial score (nSPS) is 11.9. The van der Waals surface area contributed by atoms with Crippen LogP contribution in [0.25, 0.3) is 0 Å². The molecule has 1 unspecified atom stereocenters. The molecule has 0 saturated carbocycles. The van der Waals surface area contributed by atoms with E-state index in [2.05, 4.69) is 14.0 Å². The van der Waals surface area contributed by atoms with Crippen LogP contribution in [-0.2, 0) is 56.9 Å². The molecule has 0 amide bonds. The molecule has 0 radical (unpaired) electrons. The Bertz CT molecular complexity index is 1020. The van der Waals surface area contributed by atoms with E-state index in [1.165, 1.54) is 0 Å². The molecule has 20 nitrogen and oxygen atoms in total. The first-order chi connectivity index (χ1) is 16.6. The average Bonchev–Trinajstić information content (AvgIpc) is 2.63. The molecule has 39 heavy (non-hydrogen) atoms. The topological polar surface area (TPSA) is 343 Å². The molecular formula is C16H23Ca2O20P. The molecule has 0 aromatic carbocycles. The molecule has 0 aliphatic carbocycles. The van der Waals surface area contributed by atoms with E-state index >= 15 is 0 Å². The quantitative estimate of drug-likeness (QED) is 0.0448. The number of aliphatic carboxylic acids is 6. The summed E-state index contributed by atoms with van der Waals surface area (Å²) in [4.78, 5) is 110. The molecule has 0 rings (SSSR count). The third-order valence-electron chi connectivity index (χ3n) is 4.01. The fourth-order valence-electron chi connectivity index (χ4n) is 2.63. The Morgan fingerprint density at radius 3 is 1.21 bits per heavy atom. The zero-order valence-corrected chi connectivity index (χ0v) is 24.8. The van der Waals surface area contributed by atoms with Crippen molar-refractivity contribution < 1.29 is 103 Å². The van der Waals surface area contributed by atoms with E-state index in [0.29, 0.717) is 0 Å². The second kappa shape index (κ2) is 17.3. The van der Waals surface area contributed by atoms with Gasteiger partial charge in [0.2, 0.25) is 11.2 Å². The minimum absolute atomic E-state index is 0. The maximum Gasteiger partial charge on any atom is 2.00 e. The van der Waals surface area contributed by atoms with Gasteiger partial charge in [0.05, 0.1) is 32.1 Å². The third-order valence-corrected chi connectivity index (χ3v) is 4.54. The van der Waals surface area contributed by atoms with E-state index < -0.39 is 105 Å². The van der Waals surface area contributed by atoms with Gasteiger partial charge in [-0.05, 0) is 0 Å². The van der Waals surface area contributed by atoms with E-state index in [1.54, 1.807) is 0 Å². The molecule has 1 atom stereocenters. The van der Waals surface area contributed by atoms with Crippen molar-refractivity contribution in [1.82, 2.24) is 0 Å². The molecule has 0 aromatic heterocycles. The molecule has 23 heteroatoms. The molecule has 0 aromatic rings. The van der Waals surface area contributed by atoms with Gasteiger partial charge in [-0.3, -0.25) is 28.5 Å². The number of esters is 2. The molecule has 0 fully saturated rings. The summed E-state index contributed by atoms with van der Waals surface area (Å²) in [6.45, 7) is 0. The smallest absolute Gasteiger partial charge is 1.00 e. The van der Waals surface area contributed by atoms with E-state index in [0.717, 1.165) is 0 Å². The Hall–Kier alpha value is -1.61. The Labute approximate surface area is 281 Å². The van der Waals surface area contributed by atoms with E-state index in [1.807, 2.05) is 0 Å². The molecule has 0 spiro atoms. The predicted octanol–water partition coefficient (Wildman–Crippen LogP) is -2.83. The SMILES string of the molecule is O=C(O)CC(CC(=O)O)(OC(=O)CC(OP(=O)(O)O)C(=O)OC(CC(=O)O)(CC(=O)O)C(=O)O)C(=O)O.[Ca+2].[Ca+2].[H-].[H-].[H-].[H-].